The molecule has 2 aromatic carbocycles. The van der Waals surface area contributed by atoms with Crippen molar-refractivity contribution in [2.45, 2.75) is 33.2 Å². The molecule has 2 rings (SSSR count). The highest BCUT2D eigenvalue weighted by Gasteiger charge is 2.14. The van der Waals surface area contributed by atoms with Crippen molar-refractivity contribution in [3.05, 3.63) is 69.2 Å². The Kier molecular flexibility index (Phi) is 4.81. The summed E-state index contributed by atoms with van der Waals surface area (Å²) in [6.45, 7) is 6.28. The molecule has 106 valence electrons. The number of hydrogen-bond acceptors (Lipinski definition) is 2. The predicted molar refractivity (Wildman–Crippen MR) is 85.9 cm³/mol. The Balaban J connectivity index is 2.31. The van der Waals surface area contributed by atoms with Gasteiger partial charge in [0.2, 0.25) is 0 Å². The van der Waals surface area contributed by atoms with Crippen LogP contribution in [0.4, 0.5) is 0 Å². The molecule has 0 aromatic heterocycles. The average molecular weight is 289 g/mol. The van der Waals surface area contributed by atoms with E-state index in [2.05, 4.69) is 43.5 Å². The first kappa shape index (κ1) is 15.0. The fourth-order valence-corrected chi connectivity index (χ4v) is 2.66. The molecule has 0 aliphatic rings. The van der Waals surface area contributed by atoms with Gasteiger partial charge in [-0.1, -0.05) is 41.9 Å². The topological polar surface area (TPSA) is 38.0 Å². The van der Waals surface area contributed by atoms with Gasteiger partial charge in [0.1, 0.15) is 0 Å². The molecular formula is C17H21ClN2. The van der Waals surface area contributed by atoms with Gasteiger partial charge < -0.3 is 0 Å². The third kappa shape index (κ3) is 3.21. The molecule has 1 unspecified atom stereocenters. The van der Waals surface area contributed by atoms with E-state index in [0.29, 0.717) is 0 Å². The highest BCUT2D eigenvalue weighted by atomic mass is 35.5. The van der Waals surface area contributed by atoms with Crippen molar-refractivity contribution in [3.8, 4) is 0 Å². The summed E-state index contributed by atoms with van der Waals surface area (Å²) in [5, 5.41) is 0.782. The maximum Gasteiger partial charge on any atom is 0.0501 e. The molecule has 20 heavy (non-hydrogen) atoms. The van der Waals surface area contributed by atoms with E-state index >= 15 is 0 Å². The van der Waals surface area contributed by atoms with Crippen molar-refractivity contribution in [2.24, 2.45) is 5.84 Å². The monoisotopic (exact) mass is 288 g/mol. The highest BCUT2D eigenvalue weighted by molar-refractivity contribution is 6.31. The first-order chi connectivity index (χ1) is 9.52. The molecular weight excluding hydrogens is 268 g/mol. The Morgan fingerprint density at radius 1 is 1.05 bits per heavy atom. The number of nitrogens with two attached hydrogens (primary N) is 1. The van der Waals surface area contributed by atoms with E-state index in [0.717, 1.165) is 22.6 Å². The third-order valence-corrected chi connectivity index (χ3v) is 4.26. The molecule has 0 saturated heterocycles. The molecule has 2 aromatic rings. The zero-order valence-corrected chi connectivity index (χ0v) is 13.0. The lowest BCUT2D eigenvalue weighted by atomic mass is 9.93. The number of nitrogens with one attached hydrogen (secondary N) is 1. The number of hydrogen-bond donors (Lipinski definition) is 2. The number of rotatable bonds is 4. The third-order valence-electron chi connectivity index (χ3n) is 3.85. The SMILES string of the molecule is Cc1ccc(C(Cc2c(C)cccc2C)NN)cc1Cl. The zero-order chi connectivity index (χ0) is 14.7. The fourth-order valence-electron chi connectivity index (χ4n) is 2.47. The van der Waals surface area contributed by atoms with Crippen LogP contribution < -0.4 is 11.3 Å². The smallest absolute Gasteiger partial charge is 0.0501 e. The normalized spacial score (nSPS) is 12.4. The van der Waals surface area contributed by atoms with Crippen LogP contribution in [0.25, 0.3) is 0 Å². The van der Waals surface area contributed by atoms with Crippen molar-refractivity contribution in [1.82, 2.24) is 5.43 Å². The van der Waals surface area contributed by atoms with Crippen molar-refractivity contribution in [2.75, 3.05) is 0 Å². The van der Waals surface area contributed by atoms with Gasteiger partial charge in [-0.15, -0.1) is 0 Å². The second kappa shape index (κ2) is 6.40. The Labute approximate surface area is 125 Å². The van der Waals surface area contributed by atoms with Crippen LogP contribution in [0, 0.1) is 20.8 Å². The van der Waals surface area contributed by atoms with E-state index in [9.17, 15) is 0 Å². The van der Waals surface area contributed by atoms with Crippen molar-refractivity contribution >= 4 is 11.6 Å². The molecule has 1 atom stereocenters. The zero-order valence-electron chi connectivity index (χ0n) is 12.2. The van der Waals surface area contributed by atoms with Crippen molar-refractivity contribution in [3.63, 3.8) is 0 Å². The molecule has 0 radical (unpaired) electrons. The molecule has 3 N–H and O–H groups in total. The van der Waals surface area contributed by atoms with Crippen molar-refractivity contribution in [1.29, 1.82) is 0 Å². The molecule has 3 heteroatoms. The van der Waals surface area contributed by atoms with E-state index < -0.39 is 0 Å². The molecule has 0 fully saturated rings. The highest BCUT2D eigenvalue weighted by Crippen LogP contribution is 2.25. The molecule has 2 nitrogen and oxygen atoms in total. The molecule has 0 aliphatic heterocycles. The van der Waals surface area contributed by atoms with Gasteiger partial charge in [0.05, 0.1) is 6.04 Å². The number of benzene rings is 2. The summed E-state index contributed by atoms with van der Waals surface area (Å²) in [7, 11) is 0. The summed E-state index contributed by atoms with van der Waals surface area (Å²) in [5.41, 5.74) is 9.04. The van der Waals surface area contributed by atoms with Crippen LogP contribution in [0.1, 0.15) is 33.9 Å². The number of hydrazine groups is 1. The fraction of sp³-hybridized carbons (Fsp3) is 0.294. The first-order valence-electron chi connectivity index (χ1n) is 6.80. The van der Waals surface area contributed by atoms with Crippen LogP contribution in [-0.4, -0.2) is 0 Å². The molecule has 0 aliphatic carbocycles. The molecule has 0 bridgehead atoms. The van der Waals surface area contributed by atoms with Crippen LogP contribution in [-0.2, 0) is 6.42 Å². The predicted octanol–water partition coefficient (Wildman–Crippen LogP) is 4.01. The van der Waals surface area contributed by atoms with E-state index in [1.54, 1.807) is 0 Å². The standard InChI is InChI=1S/C17H21ClN2/c1-11-5-4-6-12(2)15(11)10-17(20-19)14-8-7-13(3)16(18)9-14/h4-9,17,20H,10,19H2,1-3H3. The van der Waals surface area contributed by atoms with E-state index in [4.69, 9.17) is 17.4 Å². The lowest BCUT2D eigenvalue weighted by Gasteiger charge is -2.20. The Hall–Kier alpha value is -1.35. The van der Waals surface area contributed by atoms with Gasteiger partial charge in [-0.25, -0.2) is 0 Å². The van der Waals surface area contributed by atoms with Crippen LogP contribution in [0.3, 0.4) is 0 Å². The molecule has 0 amide bonds. The van der Waals surface area contributed by atoms with Crippen LogP contribution in [0.15, 0.2) is 36.4 Å². The Bertz CT molecular complexity index is 588. The second-order valence-electron chi connectivity index (χ2n) is 5.30. The largest absolute Gasteiger partial charge is 0.271 e. The quantitative estimate of drug-likeness (QED) is 0.659. The Morgan fingerprint density at radius 2 is 1.70 bits per heavy atom. The number of halogens is 1. The molecule has 0 spiro atoms. The lowest BCUT2D eigenvalue weighted by molar-refractivity contribution is 0.549. The van der Waals surface area contributed by atoms with Gasteiger partial charge >= 0.3 is 0 Å². The Morgan fingerprint density at radius 3 is 2.25 bits per heavy atom. The van der Waals surface area contributed by atoms with Gasteiger partial charge in [-0.3, -0.25) is 11.3 Å². The summed E-state index contributed by atoms with van der Waals surface area (Å²) in [6, 6.07) is 12.5. The summed E-state index contributed by atoms with van der Waals surface area (Å²) in [6.07, 6.45) is 0.856. The summed E-state index contributed by atoms with van der Waals surface area (Å²) in [4.78, 5) is 0. The van der Waals surface area contributed by atoms with E-state index in [1.165, 1.54) is 16.7 Å². The second-order valence-corrected chi connectivity index (χ2v) is 5.71. The summed E-state index contributed by atoms with van der Waals surface area (Å²) >= 11 is 6.21. The van der Waals surface area contributed by atoms with Gasteiger partial charge in [-0.2, -0.15) is 0 Å². The minimum atomic E-state index is 0.0629. The van der Waals surface area contributed by atoms with Gasteiger partial charge in [0, 0.05) is 5.02 Å². The average Bonchev–Trinajstić information content (AvgIpc) is 2.42. The van der Waals surface area contributed by atoms with E-state index in [-0.39, 0.29) is 6.04 Å². The maximum absolute atomic E-state index is 6.21. The number of aryl methyl sites for hydroxylation is 3. The minimum absolute atomic E-state index is 0.0629. The van der Waals surface area contributed by atoms with Crippen molar-refractivity contribution < 1.29 is 0 Å². The minimum Gasteiger partial charge on any atom is -0.271 e. The summed E-state index contributed by atoms with van der Waals surface area (Å²) in [5.74, 6) is 5.75. The molecule has 0 heterocycles. The van der Waals surface area contributed by atoms with Gasteiger partial charge in [0.25, 0.3) is 0 Å². The van der Waals surface area contributed by atoms with Crippen LogP contribution >= 0.6 is 11.6 Å². The lowest BCUT2D eigenvalue weighted by Crippen LogP contribution is -2.30. The first-order valence-corrected chi connectivity index (χ1v) is 7.18. The van der Waals surface area contributed by atoms with Gasteiger partial charge in [0.15, 0.2) is 0 Å². The maximum atomic E-state index is 6.21. The summed E-state index contributed by atoms with van der Waals surface area (Å²) < 4.78 is 0. The molecule has 0 saturated carbocycles. The van der Waals surface area contributed by atoms with Crippen LogP contribution in [0.5, 0.6) is 0 Å². The van der Waals surface area contributed by atoms with Gasteiger partial charge in [-0.05, 0) is 61.1 Å². The van der Waals surface area contributed by atoms with E-state index in [1.807, 2.05) is 19.1 Å². The van der Waals surface area contributed by atoms with Crippen LogP contribution in [0.2, 0.25) is 5.02 Å².